The third-order valence-corrected chi connectivity index (χ3v) is 6.28. The first-order valence-corrected chi connectivity index (χ1v) is 11.3. The van der Waals surface area contributed by atoms with Crippen LogP contribution in [-0.4, -0.2) is 60.5 Å². The molecule has 3 N–H and O–H groups in total. The Labute approximate surface area is 199 Å². The maximum atomic E-state index is 13.1. The number of hydrogen-bond donors (Lipinski definition) is 3. The fraction of sp³-hybridized carbons (Fsp3) is 0.435. The number of rotatable bonds is 7. The van der Waals surface area contributed by atoms with Crippen molar-refractivity contribution >= 4 is 34.1 Å². The van der Waals surface area contributed by atoms with Gasteiger partial charge in [-0.2, -0.15) is 9.97 Å². The van der Waals surface area contributed by atoms with Gasteiger partial charge in [-0.1, -0.05) is 0 Å². The van der Waals surface area contributed by atoms with Crippen LogP contribution in [0.1, 0.15) is 32.5 Å². The molecular formula is C23H26F2N8O2. The molecule has 0 spiro atoms. The fourth-order valence-electron chi connectivity index (χ4n) is 4.88. The predicted octanol–water partition coefficient (Wildman–Crippen LogP) is 3.42. The minimum atomic E-state index is -2.52. The van der Waals surface area contributed by atoms with Crippen LogP contribution < -0.4 is 15.4 Å². The third-order valence-electron chi connectivity index (χ3n) is 6.28. The molecule has 5 rings (SSSR count). The van der Waals surface area contributed by atoms with Gasteiger partial charge >= 0.3 is 0 Å². The van der Waals surface area contributed by atoms with Gasteiger partial charge in [-0.15, -0.1) is 0 Å². The average molecular weight is 485 g/mol. The standard InChI is InChI=1S/C23H26F2N8O2/c1-11-27-16-6-5-15(29-20(16)33(11)10-17(24)25)14-9-26-19-18(14)21(35-4)31-22(30-19)28-13-7-23(3,8-13)32-12(2)34/h5-6,9,13,17H,7-8,10H2,1-4H3,(H,32,34)(H2,26,28,30,31). The van der Waals surface area contributed by atoms with E-state index in [4.69, 9.17) is 4.74 Å². The van der Waals surface area contributed by atoms with Crippen molar-refractivity contribution in [1.82, 2.24) is 34.8 Å². The van der Waals surface area contributed by atoms with Gasteiger partial charge in [0.1, 0.15) is 17.0 Å². The zero-order valence-electron chi connectivity index (χ0n) is 19.8. The molecule has 4 aromatic rings. The van der Waals surface area contributed by atoms with E-state index in [1.807, 2.05) is 6.92 Å². The molecule has 0 bridgehead atoms. The van der Waals surface area contributed by atoms with E-state index in [1.54, 1.807) is 25.3 Å². The van der Waals surface area contributed by atoms with E-state index in [0.29, 0.717) is 51.1 Å². The highest BCUT2D eigenvalue weighted by Gasteiger charge is 2.41. The predicted molar refractivity (Wildman–Crippen MR) is 127 cm³/mol. The van der Waals surface area contributed by atoms with Gasteiger partial charge < -0.3 is 24.9 Å². The summed E-state index contributed by atoms with van der Waals surface area (Å²) in [5.74, 6) is 1.19. The largest absolute Gasteiger partial charge is 0.480 e. The first-order chi connectivity index (χ1) is 16.7. The number of anilines is 1. The Morgan fingerprint density at radius 1 is 1.29 bits per heavy atom. The van der Waals surface area contributed by atoms with E-state index >= 15 is 0 Å². The molecule has 0 aliphatic heterocycles. The maximum absolute atomic E-state index is 13.1. The number of nitrogens with one attached hydrogen (secondary N) is 3. The van der Waals surface area contributed by atoms with Crippen molar-refractivity contribution in [3.8, 4) is 17.1 Å². The maximum Gasteiger partial charge on any atom is 0.256 e. The molecule has 12 heteroatoms. The number of H-pyrrole nitrogens is 1. The summed E-state index contributed by atoms with van der Waals surface area (Å²) >= 11 is 0. The lowest BCUT2D eigenvalue weighted by molar-refractivity contribution is -0.121. The molecule has 1 fully saturated rings. The summed E-state index contributed by atoms with van der Waals surface area (Å²) in [6, 6.07) is 3.66. The van der Waals surface area contributed by atoms with E-state index in [2.05, 4.69) is 35.6 Å². The van der Waals surface area contributed by atoms with Crippen molar-refractivity contribution < 1.29 is 18.3 Å². The van der Waals surface area contributed by atoms with E-state index in [9.17, 15) is 13.6 Å². The van der Waals surface area contributed by atoms with E-state index in [1.165, 1.54) is 18.6 Å². The van der Waals surface area contributed by atoms with Crippen LogP contribution in [0.4, 0.5) is 14.7 Å². The second kappa shape index (κ2) is 8.43. The van der Waals surface area contributed by atoms with Crippen molar-refractivity contribution in [2.75, 3.05) is 12.4 Å². The van der Waals surface area contributed by atoms with E-state index < -0.39 is 13.0 Å². The number of aromatic amines is 1. The highest BCUT2D eigenvalue weighted by Crippen LogP contribution is 2.37. The topological polar surface area (TPSA) is 123 Å². The van der Waals surface area contributed by atoms with E-state index in [0.717, 1.165) is 12.8 Å². The third kappa shape index (κ3) is 4.24. The number of fused-ring (bicyclic) bond motifs is 2. The number of aryl methyl sites for hydroxylation is 1. The Bertz CT molecular complexity index is 1420. The Morgan fingerprint density at radius 3 is 2.74 bits per heavy atom. The normalized spacial score (nSPS) is 19.8. The van der Waals surface area contributed by atoms with Gasteiger partial charge in [-0.05, 0) is 38.8 Å². The molecule has 1 aliphatic rings. The van der Waals surface area contributed by atoms with Crippen LogP contribution in [0.25, 0.3) is 33.5 Å². The number of methoxy groups -OCH3 is 1. The molecule has 0 aromatic carbocycles. The number of carbonyl (C=O) groups excluding carboxylic acids is 1. The quantitative estimate of drug-likeness (QED) is 0.367. The Hall–Kier alpha value is -3.83. The van der Waals surface area contributed by atoms with Gasteiger partial charge in [0.2, 0.25) is 17.7 Å². The summed E-state index contributed by atoms with van der Waals surface area (Å²) in [7, 11) is 1.53. The van der Waals surface area contributed by atoms with Gasteiger partial charge in [-0.3, -0.25) is 4.79 Å². The van der Waals surface area contributed by atoms with Gasteiger partial charge in [0.25, 0.3) is 6.43 Å². The average Bonchev–Trinajstić information content (AvgIpc) is 3.32. The molecule has 1 aliphatic carbocycles. The summed E-state index contributed by atoms with van der Waals surface area (Å²) in [5, 5.41) is 6.91. The molecule has 1 amide bonds. The minimum absolute atomic E-state index is 0.0524. The molecule has 4 heterocycles. The monoisotopic (exact) mass is 484 g/mol. The van der Waals surface area contributed by atoms with Crippen molar-refractivity contribution in [3.63, 3.8) is 0 Å². The Kier molecular flexibility index (Phi) is 5.53. The summed E-state index contributed by atoms with van der Waals surface area (Å²) < 4.78 is 33.2. The minimum Gasteiger partial charge on any atom is -0.480 e. The number of halogens is 2. The van der Waals surface area contributed by atoms with Crippen LogP contribution in [0.15, 0.2) is 18.3 Å². The molecule has 35 heavy (non-hydrogen) atoms. The first kappa shape index (κ1) is 22.9. The van der Waals surface area contributed by atoms with Crippen LogP contribution >= 0.6 is 0 Å². The second-order valence-electron chi connectivity index (χ2n) is 9.17. The van der Waals surface area contributed by atoms with Crippen molar-refractivity contribution in [3.05, 3.63) is 24.2 Å². The molecule has 184 valence electrons. The van der Waals surface area contributed by atoms with Crippen LogP contribution in [0.2, 0.25) is 0 Å². The summed E-state index contributed by atoms with van der Waals surface area (Å²) in [4.78, 5) is 32.6. The van der Waals surface area contributed by atoms with Gasteiger partial charge in [0, 0.05) is 30.3 Å². The molecule has 0 atom stereocenters. The lowest BCUT2D eigenvalue weighted by atomic mass is 9.74. The van der Waals surface area contributed by atoms with Gasteiger partial charge in [0.15, 0.2) is 5.65 Å². The molecular weight excluding hydrogens is 458 g/mol. The number of hydrogen-bond acceptors (Lipinski definition) is 7. The van der Waals surface area contributed by atoms with Gasteiger partial charge in [0.05, 0.1) is 24.7 Å². The second-order valence-corrected chi connectivity index (χ2v) is 9.17. The number of aromatic nitrogens is 6. The number of nitrogens with zero attached hydrogens (tertiary/aromatic N) is 5. The first-order valence-electron chi connectivity index (χ1n) is 11.3. The molecule has 0 saturated heterocycles. The summed E-state index contributed by atoms with van der Waals surface area (Å²) in [6.45, 7) is 4.72. The smallest absolute Gasteiger partial charge is 0.256 e. The molecule has 4 aromatic heterocycles. The number of amides is 1. The van der Waals surface area contributed by atoms with E-state index in [-0.39, 0.29) is 17.5 Å². The Balaban J connectivity index is 1.47. The number of alkyl halides is 2. The van der Waals surface area contributed by atoms with Crippen molar-refractivity contribution in [2.45, 2.75) is 58.2 Å². The zero-order valence-corrected chi connectivity index (χ0v) is 19.8. The lowest BCUT2D eigenvalue weighted by Crippen LogP contribution is -2.59. The summed E-state index contributed by atoms with van der Waals surface area (Å²) in [5.41, 5.74) is 2.50. The fourth-order valence-corrected chi connectivity index (χ4v) is 4.88. The van der Waals surface area contributed by atoms with Gasteiger partial charge in [-0.25, -0.2) is 18.7 Å². The Morgan fingerprint density at radius 2 is 2.06 bits per heavy atom. The highest BCUT2D eigenvalue weighted by molar-refractivity contribution is 5.97. The van der Waals surface area contributed by atoms with Crippen LogP contribution in [0.5, 0.6) is 5.88 Å². The number of pyridine rings is 1. The zero-order chi connectivity index (χ0) is 24.9. The lowest BCUT2D eigenvalue weighted by Gasteiger charge is -2.45. The number of imidazole rings is 1. The van der Waals surface area contributed by atoms with Crippen molar-refractivity contribution in [1.29, 1.82) is 0 Å². The molecule has 10 nitrogen and oxygen atoms in total. The number of carbonyl (C=O) groups is 1. The van der Waals surface area contributed by atoms with Crippen LogP contribution in [-0.2, 0) is 11.3 Å². The van der Waals surface area contributed by atoms with Crippen LogP contribution in [0.3, 0.4) is 0 Å². The molecule has 1 saturated carbocycles. The SMILES string of the molecule is COc1nc(NC2CC(C)(NC(C)=O)C2)nc2[nH]cc(-c3ccc4nc(C)n(CC(F)F)c4n3)c12. The molecule has 0 radical (unpaired) electrons. The summed E-state index contributed by atoms with van der Waals surface area (Å²) in [6.07, 6.45) is 0.734. The van der Waals surface area contributed by atoms with Crippen LogP contribution in [0, 0.1) is 6.92 Å². The number of ether oxygens (including phenoxy) is 1. The molecule has 0 unspecified atom stereocenters. The highest BCUT2D eigenvalue weighted by atomic mass is 19.3. The van der Waals surface area contributed by atoms with Crippen molar-refractivity contribution in [2.24, 2.45) is 0 Å².